The fourth-order valence-electron chi connectivity index (χ4n) is 1.32. The monoisotopic (exact) mass is 158 g/mol. The molecule has 0 aliphatic carbocycles. The molecule has 1 fully saturated rings. The van der Waals surface area contributed by atoms with E-state index in [2.05, 4.69) is 0 Å². The van der Waals surface area contributed by atoms with Crippen LogP contribution in [0.2, 0.25) is 0 Å². The molecule has 11 heavy (non-hydrogen) atoms. The highest BCUT2D eigenvalue weighted by atomic mass is 16.5. The lowest BCUT2D eigenvalue weighted by molar-refractivity contribution is -0.128. The highest BCUT2D eigenvalue weighted by molar-refractivity contribution is 5.86. The molecule has 0 aromatic rings. The first-order valence-electron chi connectivity index (χ1n) is 3.63. The molecule has 0 radical (unpaired) electrons. The van der Waals surface area contributed by atoms with Crippen LogP contribution in [0.25, 0.3) is 0 Å². The average molecular weight is 158 g/mol. The summed E-state index contributed by atoms with van der Waals surface area (Å²) in [5.74, 6) is -0.486. The van der Waals surface area contributed by atoms with Crippen LogP contribution in [0.5, 0.6) is 0 Å². The Labute approximate surface area is 65.9 Å². The number of carbonyl (C=O) groups excluding carboxylic acids is 1. The SMILES string of the molecule is CC1(C)OCCC1(N)C(N)=O. The van der Waals surface area contributed by atoms with Gasteiger partial charge in [0.2, 0.25) is 5.91 Å². The minimum atomic E-state index is -0.993. The van der Waals surface area contributed by atoms with E-state index in [1.165, 1.54) is 0 Å². The number of carbonyl (C=O) groups is 1. The number of primary amides is 1. The molecular formula is C7H14N2O2. The van der Waals surface area contributed by atoms with Gasteiger partial charge in [0.05, 0.1) is 5.60 Å². The van der Waals surface area contributed by atoms with Crippen molar-refractivity contribution in [2.75, 3.05) is 6.61 Å². The van der Waals surface area contributed by atoms with E-state index in [0.29, 0.717) is 13.0 Å². The van der Waals surface area contributed by atoms with Gasteiger partial charge in [0, 0.05) is 13.0 Å². The highest BCUT2D eigenvalue weighted by Gasteiger charge is 2.51. The molecular weight excluding hydrogens is 144 g/mol. The maximum absolute atomic E-state index is 11.0. The van der Waals surface area contributed by atoms with Gasteiger partial charge in [0.25, 0.3) is 0 Å². The Kier molecular flexibility index (Phi) is 1.69. The quantitative estimate of drug-likeness (QED) is 0.533. The summed E-state index contributed by atoms with van der Waals surface area (Å²) in [7, 11) is 0. The standard InChI is InChI=1S/C7H14N2O2/c1-6(2)7(9,5(8)10)3-4-11-6/h3-4,9H2,1-2H3,(H2,8,10). The number of amides is 1. The maximum Gasteiger partial charge on any atom is 0.240 e. The topological polar surface area (TPSA) is 78.3 Å². The van der Waals surface area contributed by atoms with Crippen LogP contribution >= 0.6 is 0 Å². The summed E-state index contributed by atoms with van der Waals surface area (Å²) in [6.07, 6.45) is 0.509. The van der Waals surface area contributed by atoms with Gasteiger partial charge in [-0.25, -0.2) is 0 Å². The Balaban J connectivity index is 2.93. The molecule has 0 spiro atoms. The van der Waals surface area contributed by atoms with Crippen molar-refractivity contribution in [1.29, 1.82) is 0 Å². The first-order valence-corrected chi connectivity index (χ1v) is 3.63. The zero-order chi connectivity index (χ0) is 8.70. The molecule has 1 atom stereocenters. The predicted octanol–water partition coefficient (Wildman–Crippen LogP) is -0.632. The van der Waals surface area contributed by atoms with Crippen molar-refractivity contribution < 1.29 is 9.53 Å². The van der Waals surface area contributed by atoms with Gasteiger partial charge >= 0.3 is 0 Å². The van der Waals surface area contributed by atoms with Crippen molar-refractivity contribution in [3.63, 3.8) is 0 Å². The maximum atomic E-state index is 11.0. The summed E-state index contributed by atoms with van der Waals surface area (Å²) >= 11 is 0. The summed E-state index contributed by atoms with van der Waals surface area (Å²) in [6.45, 7) is 4.07. The average Bonchev–Trinajstić information content (AvgIpc) is 2.09. The summed E-state index contributed by atoms with van der Waals surface area (Å²) in [5.41, 5.74) is 9.32. The van der Waals surface area contributed by atoms with Gasteiger partial charge in [0.15, 0.2) is 0 Å². The third-order valence-corrected chi connectivity index (χ3v) is 2.47. The summed E-state index contributed by atoms with van der Waals surface area (Å²) in [6, 6.07) is 0. The van der Waals surface area contributed by atoms with Gasteiger partial charge < -0.3 is 16.2 Å². The van der Waals surface area contributed by atoms with Crippen LogP contribution in [-0.2, 0) is 9.53 Å². The van der Waals surface area contributed by atoms with Crippen molar-refractivity contribution in [3.05, 3.63) is 0 Å². The van der Waals surface area contributed by atoms with Crippen LogP contribution < -0.4 is 11.5 Å². The third-order valence-electron chi connectivity index (χ3n) is 2.47. The van der Waals surface area contributed by atoms with Gasteiger partial charge in [0.1, 0.15) is 5.54 Å². The van der Waals surface area contributed by atoms with Crippen LogP contribution in [0.1, 0.15) is 20.3 Å². The molecule has 1 saturated heterocycles. The first-order chi connectivity index (χ1) is 4.90. The second-order valence-corrected chi connectivity index (χ2v) is 3.44. The summed E-state index contributed by atoms with van der Waals surface area (Å²) < 4.78 is 5.29. The van der Waals surface area contributed by atoms with E-state index in [0.717, 1.165) is 0 Å². The molecule has 0 aromatic heterocycles. The molecule has 0 saturated carbocycles. The molecule has 1 aliphatic rings. The number of hydrogen-bond donors (Lipinski definition) is 2. The van der Waals surface area contributed by atoms with Crippen LogP contribution in [0.4, 0.5) is 0 Å². The van der Waals surface area contributed by atoms with Gasteiger partial charge in [-0.05, 0) is 13.8 Å². The number of ether oxygens (including phenoxy) is 1. The minimum absolute atomic E-state index is 0.486. The third kappa shape index (κ3) is 1.02. The van der Waals surface area contributed by atoms with Crippen molar-refractivity contribution in [2.45, 2.75) is 31.4 Å². The van der Waals surface area contributed by atoms with Crippen molar-refractivity contribution in [1.82, 2.24) is 0 Å². The Bertz CT molecular complexity index is 191. The zero-order valence-corrected chi connectivity index (χ0v) is 6.89. The van der Waals surface area contributed by atoms with E-state index in [-0.39, 0.29) is 0 Å². The Morgan fingerprint density at radius 3 is 2.27 bits per heavy atom. The lowest BCUT2D eigenvalue weighted by Gasteiger charge is -2.32. The molecule has 4 N–H and O–H groups in total. The molecule has 1 heterocycles. The molecule has 1 aliphatic heterocycles. The first kappa shape index (κ1) is 8.49. The van der Waals surface area contributed by atoms with Crippen molar-refractivity contribution in [3.8, 4) is 0 Å². The minimum Gasteiger partial charge on any atom is -0.373 e. The van der Waals surface area contributed by atoms with E-state index >= 15 is 0 Å². The fraction of sp³-hybridized carbons (Fsp3) is 0.857. The molecule has 0 aromatic carbocycles. The molecule has 1 amide bonds. The smallest absolute Gasteiger partial charge is 0.240 e. The van der Waals surface area contributed by atoms with Gasteiger partial charge in [-0.1, -0.05) is 0 Å². The molecule has 0 bridgehead atoms. The van der Waals surface area contributed by atoms with Gasteiger partial charge in [-0.3, -0.25) is 4.79 Å². The lowest BCUT2D eigenvalue weighted by atomic mass is 9.82. The Morgan fingerprint density at radius 1 is 1.55 bits per heavy atom. The van der Waals surface area contributed by atoms with E-state index in [4.69, 9.17) is 16.2 Å². The molecule has 1 rings (SSSR count). The van der Waals surface area contributed by atoms with Crippen molar-refractivity contribution >= 4 is 5.91 Å². The highest BCUT2D eigenvalue weighted by Crippen LogP contribution is 2.32. The summed E-state index contributed by atoms with van der Waals surface area (Å²) in [5, 5.41) is 0. The zero-order valence-electron chi connectivity index (χ0n) is 6.89. The van der Waals surface area contributed by atoms with Crippen LogP contribution in [0, 0.1) is 0 Å². The largest absolute Gasteiger partial charge is 0.373 e. The van der Waals surface area contributed by atoms with E-state index in [9.17, 15) is 4.79 Å². The van der Waals surface area contributed by atoms with Crippen LogP contribution in [0.3, 0.4) is 0 Å². The Hall–Kier alpha value is -0.610. The van der Waals surface area contributed by atoms with E-state index in [1.54, 1.807) is 13.8 Å². The lowest BCUT2D eigenvalue weighted by Crippen LogP contribution is -2.62. The molecule has 1 unspecified atom stereocenters. The Morgan fingerprint density at radius 2 is 2.09 bits per heavy atom. The van der Waals surface area contributed by atoms with E-state index < -0.39 is 17.0 Å². The van der Waals surface area contributed by atoms with Crippen LogP contribution in [0.15, 0.2) is 0 Å². The normalized spacial score (nSPS) is 35.5. The number of rotatable bonds is 1. The number of nitrogens with two attached hydrogens (primary N) is 2. The van der Waals surface area contributed by atoms with E-state index in [1.807, 2.05) is 0 Å². The summed E-state index contributed by atoms with van der Waals surface area (Å²) in [4.78, 5) is 11.0. The fourth-order valence-corrected chi connectivity index (χ4v) is 1.32. The number of hydrogen-bond acceptors (Lipinski definition) is 3. The molecule has 4 nitrogen and oxygen atoms in total. The van der Waals surface area contributed by atoms with Crippen LogP contribution in [-0.4, -0.2) is 23.7 Å². The van der Waals surface area contributed by atoms with Gasteiger partial charge in [-0.2, -0.15) is 0 Å². The van der Waals surface area contributed by atoms with Crippen molar-refractivity contribution in [2.24, 2.45) is 11.5 Å². The second-order valence-electron chi connectivity index (χ2n) is 3.44. The molecule has 64 valence electrons. The predicted molar refractivity (Wildman–Crippen MR) is 40.8 cm³/mol. The second kappa shape index (κ2) is 2.19. The van der Waals surface area contributed by atoms with Gasteiger partial charge in [-0.15, -0.1) is 0 Å². The molecule has 4 heteroatoms.